The monoisotopic (exact) mass is 262 g/mol. The molecule has 0 N–H and O–H groups in total. The van der Waals surface area contributed by atoms with Gasteiger partial charge in [-0.25, -0.2) is 0 Å². The fourth-order valence-electron chi connectivity index (χ4n) is 2.78. The summed E-state index contributed by atoms with van der Waals surface area (Å²) < 4.78 is 10.9. The summed E-state index contributed by atoms with van der Waals surface area (Å²) in [6.45, 7) is 4.35. The molecule has 2 heterocycles. The number of hydrogen-bond acceptors (Lipinski definition) is 3. The van der Waals surface area contributed by atoms with Crippen LogP contribution in [0.2, 0.25) is 0 Å². The Bertz CT molecular complexity index is 258. The van der Waals surface area contributed by atoms with Crippen LogP contribution in [0.5, 0.6) is 0 Å². The minimum absolute atomic E-state index is 0.00782. The van der Waals surface area contributed by atoms with E-state index in [1.54, 1.807) is 0 Å². The molecular weight excluding hydrogens is 248 g/mol. The van der Waals surface area contributed by atoms with Gasteiger partial charge in [-0.05, 0) is 26.7 Å². The molecule has 1 aliphatic carbocycles. The van der Waals surface area contributed by atoms with Crippen molar-refractivity contribution >= 4 is 21.9 Å². The van der Waals surface area contributed by atoms with Crippen molar-refractivity contribution < 1.29 is 14.3 Å². The van der Waals surface area contributed by atoms with Crippen LogP contribution in [0.3, 0.4) is 0 Å². The van der Waals surface area contributed by atoms with E-state index < -0.39 is 0 Å². The van der Waals surface area contributed by atoms with E-state index >= 15 is 0 Å². The molecule has 0 spiro atoms. The number of esters is 1. The molecule has 0 aromatic heterocycles. The maximum atomic E-state index is 11.8. The molecule has 1 unspecified atom stereocenters. The second kappa shape index (κ2) is 3.20. The SMILES string of the molecule is CCOC(=O)C12CC(C)(C1)OC2CBr. The summed E-state index contributed by atoms with van der Waals surface area (Å²) in [4.78, 5) is 11.8. The van der Waals surface area contributed by atoms with Gasteiger partial charge in [-0.1, -0.05) is 15.9 Å². The highest BCUT2D eigenvalue weighted by atomic mass is 79.9. The highest BCUT2D eigenvalue weighted by molar-refractivity contribution is 9.09. The van der Waals surface area contributed by atoms with Crippen LogP contribution in [0.25, 0.3) is 0 Å². The van der Waals surface area contributed by atoms with Crippen molar-refractivity contribution in [2.24, 2.45) is 5.41 Å². The topological polar surface area (TPSA) is 35.5 Å². The summed E-state index contributed by atoms with van der Waals surface area (Å²) in [6, 6.07) is 0. The summed E-state index contributed by atoms with van der Waals surface area (Å²) in [5, 5.41) is 0.710. The zero-order valence-electron chi connectivity index (χ0n) is 8.51. The second-order valence-corrected chi connectivity index (χ2v) is 5.09. The molecule has 0 aromatic carbocycles. The van der Waals surface area contributed by atoms with Gasteiger partial charge in [-0.3, -0.25) is 4.79 Å². The molecule has 0 aromatic rings. The number of fused-ring (bicyclic) bond motifs is 1. The Labute approximate surface area is 92.3 Å². The lowest BCUT2D eigenvalue weighted by molar-refractivity contribution is -0.160. The first-order valence-electron chi connectivity index (χ1n) is 4.97. The highest BCUT2D eigenvalue weighted by Gasteiger charge is 2.69. The van der Waals surface area contributed by atoms with E-state index in [0.29, 0.717) is 11.9 Å². The molecule has 3 aliphatic rings. The Hall–Kier alpha value is -0.0900. The van der Waals surface area contributed by atoms with Crippen molar-refractivity contribution in [3.63, 3.8) is 0 Å². The van der Waals surface area contributed by atoms with E-state index in [2.05, 4.69) is 22.9 Å². The van der Waals surface area contributed by atoms with E-state index in [0.717, 1.165) is 12.8 Å². The molecule has 2 bridgehead atoms. The molecule has 14 heavy (non-hydrogen) atoms. The van der Waals surface area contributed by atoms with E-state index in [4.69, 9.17) is 9.47 Å². The van der Waals surface area contributed by atoms with Crippen molar-refractivity contribution in [2.45, 2.75) is 38.4 Å². The largest absolute Gasteiger partial charge is 0.465 e. The van der Waals surface area contributed by atoms with Gasteiger partial charge in [0, 0.05) is 5.33 Å². The van der Waals surface area contributed by atoms with Gasteiger partial charge in [-0.2, -0.15) is 0 Å². The third-order valence-corrected chi connectivity index (χ3v) is 3.83. The maximum Gasteiger partial charge on any atom is 0.314 e. The fourth-order valence-corrected chi connectivity index (χ4v) is 3.53. The summed E-state index contributed by atoms with van der Waals surface area (Å²) in [6.07, 6.45) is 1.62. The predicted octanol–water partition coefficient (Wildman–Crippen LogP) is 1.88. The molecule has 1 saturated carbocycles. The van der Waals surface area contributed by atoms with Gasteiger partial charge in [0.1, 0.15) is 5.41 Å². The van der Waals surface area contributed by atoms with E-state index in [1.807, 2.05) is 6.92 Å². The van der Waals surface area contributed by atoms with Crippen LogP contribution >= 0.6 is 15.9 Å². The summed E-state index contributed by atoms with van der Waals surface area (Å²) in [5.74, 6) is -0.0839. The van der Waals surface area contributed by atoms with Crippen molar-refractivity contribution in [1.29, 1.82) is 0 Å². The van der Waals surface area contributed by atoms with Gasteiger partial charge in [-0.15, -0.1) is 0 Å². The molecule has 1 atom stereocenters. The van der Waals surface area contributed by atoms with Crippen molar-refractivity contribution in [1.82, 2.24) is 0 Å². The van der Waals surface area contributed by atoms with Crippen molar-refractivity contribution in [3.8, 4) is 0 Å². The Morgan fingerprint density at radius 1 is 1.64 bits per heavy atom. The molecule has 3 rings (SSSR count). The molecule has 4 heteroatoms. The number of alkyl halides is 1. The molecule has 3 fully saturated rings. The number of ether oxygens (including phenoxy) is 2. The van der Waals surface area contributed by atoms with Crippen LogP contribution in [-0.4, -0.2) is 29.6 Å². The molecular formula is C10H15BrO3. The minimum Gasteiger partial charge on any atom is -0.465 e. The molecule has 2 aliphatic heterocycles. The fraction of sp³-hybridized carbons (Fsp3) is 0.900. The first-order chi connectivity index (χ1) is 6.56. The lowest BCUT2D eigenvalue weighted by atomic mass is 9.61. The summed E-state index contributed by atoms with van der Waals surface area (Å²) in [5.41, 5.74) is -0.431. The van der Waals surface area contributed by atoms with Crippen LogP contribution in [0.4, 0.5) is 0 Å². The van der Waals surface area contributed by atoms with Crippen LogP contribution < -0.4 is 0 Å². The predicted molar refractivity (Wildman–Crippen MR) is 55.4 cm³/mol. The van der Waals surface area contributed by atoms with E-state index in [9.17, 15) is 4.79 Å². The average molecular weight is 263 g/mol. The lowest BCUT2D eigenvalue weighted by Crippen LogP contribution is -2.50. The average Bonchev–Trinajstić information content (AvgIpc) is 2.53. The first-order valence-corrected chi connectivity index (χ1v) is 6.09. The summed E-state index contributed by atoms with van der Waals surface area (Å²) in [7, 11) is 0. The van der Waals surface area contributed by atoms with E-state index in [-0.39, 0.29) is 23.1 Å². The minimum atomic E-state index is -0.353. The Morgan fingerprint density at radius 3 is 2.79 bits per heavy atom. The Kier molecular flexibility index (Phi) is 2.39. The van der Waals surface area contributed by atoms with Gasteiger partial charge in [0.05, 0.1) is 18.3 Å². The van der Waals surface area contributed by atoms with Gasteiger partial charge >= 0.3 is 5.97 Å². The molecule has 2 saturated heterocycles. The Balaban J connectivity index is 2.13. The lowest BCUT2D eigenvalue weighted by Gasteiger charge is -2.40. The molecule has 0 amide bonds. The zero-order valence-corrected chi connectivity index (χ0v) is 10.1. The van der Waals surface area contributed by atoms with Gasteiger partial charge in [0.15, 0.2) is 0 Å². The quantitative estimate of drug-likeness (QED) is 0.576. The van der Waals surface area contributed by atoms with Crippen molar-refractivity contribution in [3.05, 3.63) is 0 Å². The summed E-state index contributed by atoms with van der Waals surface area (Å²) >= 11 is 3.39. The van der Waals surface area contributed by atoms with E-state index in [1.165, 1.54) is 0 Å². The van der Waals surface area contributed by atoms with Gasteiger partial charge in [0.25, 0.3) is 0 Å². The van der Waals surface area contributed by atoms with Crippen LogP contribution in [-0.2, 0) is 14.3 Å². The van der Waals surface area contributed by atoms with Crippen LogP contribution in [0.15, 0.2) is 0 Å². The third kappa shape index (κ3) is 1.23. The molecule has 80 valence electrons. The van der Waals surface area contributed by atoms with Gasteiger partial charge < -0.3 is 9.47 Å². The first kappa shape index (κ1) is 10.4. The maximum absolute atomic E-state index is 11.8. The molecule has 0 radical (unpaired) electrons. The molecule has 3 nitrogen and oxygen atoms in total. The number of rotatable bonds is 3. The van der Waals surface area contributed by atoms with Crippen LogP contribution in [0.1, 0.15) is 26.7 Å². The second-order valence-electron chi connectivity index (χ2n) is 4.44. The Morgan fingerprint density at radius 2 is 2.29 bits per heavy atom. The number of carbonyl (C=O) groups excluding carboxylic acids is 1. The van der Waals surface area contributed by atoms with Crippen molar-refractivity contribution in [2.75, 3.05) is 11.9 Å². The number of halogens is 1. The zero-order chi connectivity index (χ0) is 10.4. The third-order valence-electron chi connectivity index (χ3n) is 3.24. The number of carbonyl (C=O) groups is 1. The number of hydrogen-bond donors (Lipinski definition) is 0. The highest BCUT2D eigenvalue weighted by Crippen LogP contribution is 2.62. The normalized spacial score (nSPS) is 44.6. The smallest absolute Gasteiger partial charge is 0.314 e. The van der Waals surface area contributed by atoms with Gasteiger partial charge in [0.2, 0.25) is 0 Å². The standard InChI is InChI=1S/C10H15BrO3/c1-3-13-8(12)10-5-9(2,6-10)14-7(10)4-11/h7H,3-6H2,1-2H3. The van der Waals surface area contributed by atoms with Crippen LogP contribution in [0, 0.1) is 5.41 Å².